The van der Waals surface area contributed by atoms with Gasteiger partial charge in [-0.25, -0.2) is 4.79 Å². The molecule has 0 saturated carbocycles. The molecule has 25 heavy (non-hydrogen) atoms. The average molecular weight is 337 g/mol. The summed E-state index contributed by atoms with van der Waals surface area (Å²) < 4.78 is 5.52. The summed E-state index contributed by atoms with van der Waals surface area (Å²) in [4.78, 5) is 23.5. The van der Waals surface area contributed by atoms with Crippen molar-refractivity contribution >= 4 is 34.3 Å². The van der Waals surface area contributed by atoms with Crippen molar-refractivity contribution in [1.29, 1.82) is 0 Å². The lowest BCUT2D eigenvalue weighted by molar-refractivity contribution is -0.115. The molecule has 3 N–H and O–H groups in total. The van der Waals surface area contributed by atoms with Gasteiger partial charge in [0.1, 0.15) is 5.58 Å². The summed E-state index contributed by atoms with van der Waals surface area (Å²) in [7, 11) is 1.55. The van der Waals surface area contributed by atoms with E-state index >= 15 is 0 Å². The van der Waals surface area contributed by atoms with Crippen LogP contribution < -0.4 is 16.0 Å². The summed E-state index contributed by atoms with van der Waals surface area (Å²) in [5.41, 5.74) is 4.06. The van der Waals surface area contributed by atoms with Crippen LogP contribution in [0.2, 0.25) is 0 Å². The summed E-state index contributed by atoms with van der Waals surface area (Å²) in [5.74, 6) is -0.129. The molecular formula is C19H19N3O3. The van der Waals surface area contributed by atoms with Crippen molar-refractivity contribution in [3.63, 3.8) is 0 Å². The molecule has 3 amide bonds. The Kier molecular flexibility index (Phi) is 4.70. The van der Waals surface area contributed by atoms with Gasteiger partial charge in [0.25, 0.3) is 0 Å². The Hall–Kier alpha value is -3.28. The first-order valence-corrected chi connectivity index (χ1v) is 7.90. The molecule has 128 valence electrons. The van der Waals surface area contributed by atoms with E-state index in [1.54, 1.807) is 37.6 Å². The maximum absolute atomic E-state index is 12.3. The molecule has 6 nitrogen and oxygen atoms in total. The van der Waals surface area contributed by atoms with Crippen molar-refractivity contribution in [2.45, 2.75) is 13.3 Å². The second-order valence-electron chi connectivity index (χ2n) is 5.77. The number of anilines is 2. The summed E-state index contributed by atoms with van der Waals surface area (Å²) in [6.07, 6.45) is 1.86. The van der Waals surface area contributed by atoms with Crippen LogP contribution in [0.5, 0.6) is 0 Å². The Labute approximate surface area is 145 Å². The van der Waals surface area contributed by atoms with Crippen LogP contribution in [0.4, 0.5) is 16.2 Å². The first-order chi connectivity index (χ1) is 12.0. The van der Waals surface area contributed by atoms with Gasteiger partial charge in [0.15, 0.2) is 0 Å². The molecule has 0 unspecified atom stereocenters. The molecule has 0 atom stereocenters. The van der Waals surface area contributed by atoms with Gasteiger partial charge in [-0.05, 0) is 42.8 Å². The van der Waals surface area contributed by atoms with Gasteiger partial charge in [-0.3, -0.25) is 4.79 Å². The molecule has 2 aromatic carbocycles. The zero-order valence-corrected chi connectivity index (χ0v) is 14.1. The topological polar surface area (TPSA) is 83.4 Å². The predicted octanol–water partition coefficient (Wildman–Crippen LogP) is 3.67. The zero-order valence-electron chi connectivity index (χ0n) is 14.1. The van der Waals surface area contributed by atoms with E-state index in [0.717, 1.165) is 22.1 Å². The third-order valence-corrected chi connectivity index (χ3v) is 3.82. The Morgan fingerprint density at radius 3 is 2.36 bits per heavy atom. The highest BCUT2D eigenvalue weighted by atomic mass is 16.3. The highest BCUT2D eigenvalue weighted by Crippen LogP contribution is 2.23. The first-order valence-electron chi connectivity index (χ1n) is 7.90. The molecule has 0 radical (unpaired) electrons. The van der Waals surface area contributed by atoms with Crippen molar-refractivity contribution in [3.05, 3.63) is 59.9 Å². The van der Waals surface area contributed by atoms with E-state index in [2.05, 4.69) is 16.0 Å². The van der Waals surface area contributed by atoms with Crippen LogP contribution in [-0.2, 0) is 11.2 Å². The molecule has 0 spiro atoms. The van der Waals surface area contributed by atoms with E-state index in [9.17, 15) is 9.59 Å². The minimum absolute atomic E-state index is 0.129. The molecule has 6 heteroatoms. The maximum Gasteiger partial charge on any atom is 0.318 e. The lowest BCUT2D eigenvalue weighted by atomic mass is 10.1. The minimum atomic E-state index is -0.293. The van der Waals surface area contributed by atoms with Gasteiger partial charge in [-0.15, -0.1) is 0 Å². The summed E-state index contributed by atoms with van der Waals surface area (Å²) in [5, 5.41) is 8.92. The molecule has 0 bridgehead atoms. The van der Waals surface area contributed by atoms with Crippen LogP contribution in [-0.4, -0.2) is 19.0 Å². The van der Waals surface area contributed by atoms with Crippen LogP contribution >= 0.6 is 0 Å². The number of carbonyl (C=O) groups excluding carboxylic acids is 2. The molecule has 0 aliphatic heterocycles. The number of carbonyl (C=O) groups is 2. The summed E-state index contributed by atoms with van der Waals surface area (Å²) >= 11 is 0. The third kappa shape index (κ3) is 3.98. The standard InChI is InChI=1S/C19H19N3O3/c1-12-3-8-16-13(11-25-17(16)9-12)10-18(23)21-14-4-6-15(7-5-14)22-19(24)20-2/h3-9,11H,10H2,1-2H3,(H,21,23)(H2,20,22,24). The van der Waals surface area contributed by atoms with E-state index < -0.39 is 0 Å². The van der Waals surface area contributed by atoms with E-state index in [-0.39, 0.29) is 18.4 Å². The number of nitrogens with one attached hydrogen (secondary N) is 3. The van der Waals surface area contributed by atoms with Gasteiger partial charge in [-0.1, -0.05) is 12.1 Å². The van der Waals surface area contributed by atoms with E-state index in [4.69, 9.17) is 4.42 Å². The van der Waals surface area contributed by atoms with Gasteiger partial charge in [-0.2, -0.15) is 0 Å². The number of rotatable bonds is 4. The van der Waals surface area contributed by atoms with Crippen molar-refractivity contribution in [2.24, 2.45) is 0 Å². The quantitative estimate of drug-likeness (QED) is 0.679. The molecule has 0 aliphatic carbocycles. The fraction of sp³-hybridized carbons (Fsp3) is 0.158. The zero-order chi connectivity index (χ0) is 17.8. The Morgan fingerprint density at radius 2 is 1.68 bits per heavy atom. The Balaban J connectivity index is 1.64. The minimum Gasteiger partial charge on any atom is -0.464 e. The first kappa shape index (κ1) is 16.6. The number of amides is 3. The smallest absolute Gasteiger partial charge is 0.318 e. The largest absolute Gasteiger partial charge is 0.464 e. The lowest BCUT2D eigenvalue weighted by Crippen LogP contribution is -2.24. The van der Waals surface area contributed by atoms with Gasteiger partial charge >= 0.3 is 6.03 Å². The lowest BCUT2D eigenvalue weighted by Gasteiger charge is -2.07. The second-order valence-corrected chi connectivity index (χ2v) is 5.77. The number of benzene rings is 2. The summed E-state index contributed by atoms with van der Waals surface area (Å²) in [6, 6.07) is 12.5. The molecule has 3 aromatic rings. The van der Waals surface area contributed by atoms with E-state index in [0.29, 0.717) is 11.4 Å². The molecule has 1 heterocycles. The van der Waals surface area contributed by atoms with Gasteiger partial charge in [0, 0.05) is 29.4 Å². The van der Waals surface area contributed by atoms with Crippen LogP contribution in [0.1, 0.15) is 11.1 Å². The predicted molar refractivity (Wildman–Crippen MR) is 97.8 cm³/mol. The second kappa shape index (κ2) is 7.09. The van der Waals surface area contributed by atoms with Crippen LogP contribution in [0.25, 0.3) is 11.0 Å². The van der Waals surface area contributed by atoms with Crippen molar-refractivity contribution in [1.82, 2.24) is 5.32 Å². The fourth-order valence-electron chi connectivity index (χ4n) is 2.54. The van der Waals surface area contributed by atoms with Crippen LogP contribution in [0.15, 0.2) is 53.1 Å². The number of furan rings is 1. The average Bonchev–Trinajstić information content (AvgIpc) is 2.98. The number of fused-ring (bicyclic) bond motifs is 1. The van der Waals surface area contributed by atoms with Gasteiger partial charge in [0.05, 0.1) is 12.7 Å². The third-order valence-electron chi connectivity index (χ3n) is 3.82. The SMILES string of the molecule is CNC(=O)Nc1ccc(NC(=O)Cc2coc3cc(C)ccc23)cc1. The molecule has 1 aromatic heterocycles. The molecule has 0 aliphatic rings. The Bertz CT molecular complexity index is 913. The number of aryl methyl sites for hydroxylation is 1. The highest BCUT2D eigenvalue weighted by molar-refractivity contribution is 5.96. The van der Waals surface area contributed by atoms with Gasteiger partial charge in [0.2, 0.25) is 5.91 Å². The number of hydrogen-bond acceptors (Lipinski definition) is 3. The van der Waals surface area contributed by atoms with E-state index in [1.807, 2.05) is 25.1 Å². The van der Waals surface area contributed by atoms with E-state index in [1.165, 1.54) is 0 Å². The molecule has 3 rings (SSSR count). The van der Waals surface area contributed by atoms with Gasteiger partial charge < -0.3 is 20.4 Å². The molecular weight excluding hydrogens is 318 g/mol. The number of urea groups is 1. The molecule has 0 saturated heterocycles. The fourth-order valence-corrected chi connectivity index (χ4v) is 2.54. The monoisotopic (exact) mass is 337 g/mol. The number of hydrogen-bond donors (Lipinski definition) is 3. The van der Waals surface area contributed by atoms with Crippen molar-refractivity contribution in [3.8, 4) is 0 Å². The molecule has 0 fully saturated rings. The normalized spacial score (nSPS) is 10.5. The highest BCUT2D eigenvalue weighted by Gasteiger charge is 2.11. The van der Waals surface area contributed by atoms with Crippen molar-refractivity contribution < 1.29 is 14.0 Å². The van der Waals surface area contributed by atoms with Crippen LogP contribution in [0.3, 0.4) is 0 Å². The van der Waals surface area contributed by atoms with Crippen molar-refractivity contribution in [2.75, 3.05) is 17.7 Å². The summed E-state index contributed by atoms with van der Waals surface area (Å²) in [6.45, 7) is 2.00. The van der Waals surface area contributed by atoms with Crippen LogP contribution in [0, 0.1) is 6.92 Å². The maximum atomic E-state index is 12.3. The Morgan fingerprint density at radius 1 is 1.00 bits per heavy atom.